The van der Waals surface area contributed by atoms with Gasteiger partial charge in [-0.2, -0.15) is 8.61 Å². The molecule has 2 aliphatic rings. The third kappa shape index (κ3) is 9.52. The highest BCUT2D eigenvalue weighted by Gasteiger charge is 2.31. The number of benzene rings is 4. The minimum atomic E-state index is -3.45. The number of thiazole rings is 2. The first-order valence-electron chi connectivity index (χ1n) is 18.4. The Morgan fingerprint density at radius 2 is 0.912 bits per heavy atom. The standard InChI is InChI=1S/C21H23N3O3S2.C20H20ClN3O2S2/c1-16-3-9-19(10-4-16)29(25,26)24-13-11-23(12-14-24)21-22-20(15-28-21)17-5-7-18(27-2)8-6-17;1-15-2-8-18(9-3-15)28(25,26)24-12-10-23(11-13-24)20-22-19(14-27-20)16-4-6-17(21)7-5-16/h3-10,15H,11-14H2,1-2H3;2-9,14H,10-13H2,1H3. The predicted octanol–water partition coefficient (Wildman–Crippen LogP) is 7.92. The van der Waals surface area contributed by atoms with Crippen LogP contribution in [0.25, 0.3) is 22.5 Å². The predicted molar refractivity (Wildman–Crippen MR) is 231 cm³/mol. The van der Waals surface area contributed by atoms with Gasteiger partial charge in [-0.3, -0.25) is 0 Å². The number of sulfonamides is 2. The number of aryl methyl sites for hydroxylation is 2. The van der Waals surface area contributed by atoms with E-state index >= 15 is 0 Å². The number of aromatic nitrogens is 2. The minimum Gasteiger partial charge on any atom is -0.497 e. The van der Waals surface area contributed by atoms with Gasteiger partial charge < -0.3 is 14.5 Å². The van der Waals surface area contributed by atoms with Crippen molar-refractivity contribution in [3.8, 4) is 28.3 Å². The lowest BCUT2D eigenvalue weighted by Gasteiger charge is -2.33. The molecule has 2 saturated heterocycles. The normalized spacial score (nSPS) is 15.6. The fourth-order valence-corrected chi connectivity index (χ4v) is 11.2. The molecule has 57 heavy (non-hydrogen) atoms. The topological polar surface area (TPSA) is 116 Å². The summed E-state index contributed by atoms with van der Waals surface area (Å²) >= 11 is 9.11. The van der Waals surface area contributed by atoms with E-state index in [1.807, 2.05) is 97.4 Å². The van der Waals surface area contributed by atoms with E-state index in [9.17, 15) is 16.8 Å². The van der Waals surface area contributed by atoms with Crippen LogP contribution in [0, 0.1) is 13.8 Å². The maximum absolute atomic E-state index is 12.9. The Labute approximate surface area is 347 Å². The van der Waals surface area contributed by atoms with Gasteiger partial charge in [0.15, 0.2) is 10.3 Å². The third-order valence-electron chi connectivity index (χ3n) is 9.85. The Morgan fingerprint density at radius 3 is 1.28 bits per heavy atom. The lowest BCUT2D eigenvalue weighted by Crippen LogP contribution is -2.48. The van der Waals surface area contributed by atoms with Crippen LogP contribution in [0.2, 0.25) is 5.02 Å². The Morgan fingerprint density at radius 1 is 0.544 bits per heavy atom. The van der Waals surface area contributed by atoms with Crippen LogP contribution in [0.4, 0.5) is 10.3 Å². The van der Waals surface area contributed by atoms with Crippen molar-refractivity contribution >= 4 is 64.6 Å². The highest BCUT2D eigenvalue weighted by atomic mass is 35.5. The van der Waals surface area contributed by atoms with E-state index in [1.54, 1.807) is 62.7 Å². The van der Waals surface area contributed by atoms with E-state index in [0.717, 1.165) is 49.7 Å². The van der Waals surface area contributed by atoms with E-state index < -0.39 is 20.0 Å². The fourth-order valence-electron chi connectivity index (χ4n) is 6.42. The first kappa shape index (κ1) is 40.8. The second-order valence-electron chi connectivity index (χ2n) is 13.7. The monoisotopic (exact) mass is 862 g/mol. The molecule has 8 rings (SSSR count). The van der Waals surface area contributed by atoms with Crippen LogP contribution < -0.4 is 14.5 Å². The fraction of sp³-hybridized carbons (Fsp3) is 0.268. The van der Waals surface area contributed by atoms with E-state index in [0.29, 0.717) is 67.2 Å². The average Bonchev–Trinajstić information content (AvgIpc) is 3.94. The van der Waals surface area contributed by atoms with Gasteiger partial charge in [0.2, 0.25) is 20.0 Å². The molecule has 6 aromatic rings. The molecule has 0 bridgehead atoms. The van der Waals surface area contributed by atoms with Crippen molar-refractivity contribution < 1.29 is 21.6 Å². The van der Waals surface area contributed by atoms with Gasteiger partial charge in [-0.15, -0.1) is 22.7 Å². The highest BCUT2D eigenvalue weighted by molar-refractivity contribution is 7.89. The van der Waals surface area contributed by atoms with Crippen LogP contribution in [-0.2, 0) is 20.0 Å². The molecule has 0 spiro atoms. The van der Waals surface area contributed by atoms with E-state index in [-0.39, 0.29) is 0 Å². The first-order chi connectivity index (χ1) is 27.4. The van der Waals surface area contributed by atoms with Gasteiger partial charge in [-0.25, -0.2) is 26.8 Å². The number of halogens is 1. The lowest BCUT2D eigenvalue weighted by molar-refractivity contribution is 0.384. The molecule has 298 valence electrons. The van der Waals surface area contributed by atoms with Crippen LogP contribution in [0.3, 0.4) is 0 Å². The number of anilines is 2. The Kier molecular flexibility index (Phi) is 12.6. The molecule has 11 nitrogen and oxygen atoms in total. The van der Waals surface area contributed by atoms with Gasteiger partial charge in [0.25, 0.3) is 0 Å². The largest absolute Gasteiger partial charge is 0.497 e. The van der Waals surface area contributed by atoms with E-state index in [2.05, 4.69) is 9.80 Å². The number of piperazine rings is 2. The van der Waals surface area contributed by atoms with Crippen LogP contribution in [0.1, 0.15) is 11.1 Å². The summed E-state index contributed by atoms with van der Waals surface area (Å²) in [6, 6.07) is 29.5. The van der Waals surface area contributed by atoms with Crippen molar-refractivity contribution in [3.63, 3.8) is 0 Å². The van der Waals surface area contributed by atoms with Gasteiger partial charge in [0, 0.05) is 79.3 Å². The first-order valence-corrected chi connectivity index (χ1v) is 23.4. The highest BCUT2D eigenvalue weighted by Crippen LogP contribution is 2.31. The van der Waals surface area contributed by atoms with Crippen molar-refractivity contribution in [2.24, 2.45) is 0 Å². The molecule has 4 heterocycles. The average molecular weight is 864 g/mol. The van der Waals surface area contributed by atoms with Crippen LogP contribution >= 0.6 is 34.3 Å². The maximum Gasteiger partial charge on any atom is 0.243 e. The van der Waals surface area contributed by atoms with Gasteiger partial charge in [0.1, 0.15) is 5.75 Å². The van der Waals surface area contributed by atoms with Crippen LogP contribution in [-0.4, -0.2) is 94.9 Å². The molecule has 4 aromatic carbocycles. The smallest absolute Gasteiger partial charge is 0.243 e. The molecule has 0 radical (unpaired) electrons. The molecule has 2 aromatic heterocycles. The van der Waals surface area contributed by atoms with E-state index in [4.69, 9.17) is 26.3 Å². The van der Waals surface area contributed by atoms with Gasteiger partial charge >= 0.3 is 0 Å². The molecule has 0 N–H and O–H groups in total. The van der Waals surface area contributed by atoms with Gasteiger partial charge in [-0.05, 0) is 74.5 Å². The summed E-state index contributed by atoms with van der Waals surface area (Å²) in [4.78, 5) is 14.5. The summed E-state index contributed by atoms with van der Waals surface area (Å²) < 4.78 is 59.7. The quantitative estimate of drug-likeness (QED) is 0.143. The summed E-state index contributed by atoms with van der Waals surface area (Å²) in [6.07, 6.45) is 0. The zero-order valence-corrected chi connectivity index (χ0v) is 35.8. The summed E-state index contributed by atoms with van der Waals surface area (Å²) in [5.74, 6) is 0.815. The molecule has 0 atom stereocenters. The molecule has 2 fully saturated rings. The molecular formula is C41H43ClN6O5S4. The number of nitrogens with zero attached hydrogens (tertiary/aromatic N) is 6. The number of rotatable bonds is 9. The summed E-state index contributed by atoms with van der Waals surface area (Å²) in [7, 11) is -5.25. The number of ether oxygens (including phenoxy) is 1. The summed E-state index contributed by atoms with van der Waals surface area (Å²) in [5, 5.41) is 6.59. The summed E-state index contributed by atoms with van der Waals surface area (Å²) in [5.41, 5.74) is 5.98. The van der Waals surface area contributed by atoms with Crippen molar-refractivity contribution in [1.82, 2.24) is 18.6 Å². The van der Waals surface area contributed by atoms with Crippen molar-refractivity contribution in [2.45, 2.75) is 23.6 Å². The Balaban J connectivity index is 0.000000174. The Hall–Kier alpha value is -4.35. The van der Waals surface area contributed by atoms with Crippen molar-refractivity contribution in [3.05, 3.63) is 124 Å². The number of methoxy groups -OCH3 is 1. The molecular weight excluding hydrogens is 820 g/mol. The molecule has 0 unspecified atom stereocenters. The van der Waals surface area contributed by atoms with Crippen molar-refractivity contribution in [1.29, 1.82) is 0 Å². The SMILES string of the molecule is COc1ccc(-c2csc(N3CCN(S(=O)(=O)c4ccc(C)cc4)CC3)n2)cc1.Cc1ccc(S(=O)(=O)N2CCN(c3nc(-c4ccc(Cl)cc4)cs3)CC2)cc1. The molecule has 0 aliphatic carbocycles. The maximum atomic E-state index is 12.9. The molecule has 0 saturated carbocycles. The van der Waals surface area contributed by atoms with Crippen LogP contribution in [0.5, 0.6) is 5.75 Å². The lowest BCUT2D eigenvalue weighted by atomic mass is 10.2. The minimum absolute atomic E-state index is 0.353. The zero-order chi connectivity index (χ0) is 40.2. The zero-order valence-electron chi connectivity index (χ0n) is 31.8. The Bertz CT molecular complexity index is 2480. The van der Waals surface area contributed by atoms with Gasteiger partial charge in [0.05, 0.1) is 28.3 Å². The number of hydrogen-bond acceptors (Lipinski definition) is 11. The van der Waals surface area contributed by atoms with Crippen LogP contribution in [0.15, 0.2) is 118 Å². The molecule has 2 aliphatic heterocycles. The van der Waals surface area contributed by atoms with Gasteiger partial charge in [-0.1, -0.05) is 59.1 Å². The second kappa shape index (κ2) is 17.6. The van der Waals surface area contributed by atoms with Crippen molar-refractivity contribution in [2.75, 3.05) is 69.3 Å². The molecule has 16 heteroatoms. The van der Waals surface area contributed by atoms with E-state index in [1.165, 1.54) is 0 Å². The second-order valence-corrected chi connectivity index (χ2v) is 19.7. The third-order valence-corrected chi connectivity index (χ3v) is 15.7. The molecule has 0 amide bonds. The summed E-state index contributed by atoms with van der Waals surface area (Å²) in [6.45, 7) is 8.20. The number of hydrogen-bond donors (Lipinski definition) is 0.